The summed E-state index contributed by atoms with van der Waals surface area (Å²) in [6.07, 6.45) is 3.35. The minimum Gasteiger partial charge on any atom is -0.352 e. The topological polar surface area (TPSA) is 82.1 Å². The predicted molar refractivity (Wildman–Crippen MR) is 116 cm³/mol. The van der Waals surface area contributed by atoms with E-state index in [4.69, 9.17) is 0 Å². The van der Waals surface area contributed by atoms with E-state index in [-0.39, 0.29) is 11.7 Å². The van der Waals surface area contributed by atoms with E-state index in [2.05, 4.69) is 10.3 Å². The van der Waals surface area contributed by atoms with E-state index in [0.29, 0.717) is 31.2 Å². The summed E-state index contributed by atoms with van der Waals surface area (Å²) in [6.45, 7) is 6.55. The highest BCUT2D eigenvalue weighted by Crippen LogP contribution is 2.23. The maximum Gasteiger partial charge on any atom is 0.253 e. The Bertz CT molecular complexity index is 874. The summed E-state index contributed by atoms with van der Waals surface area (Å²) in [5.74, 6) is 0.903. The van der Waals surface area contributed by atoms with Crippen LogP contribution < -0.4 is 5.32 Å². The van der Waals surface area contributed by atoms with Crippen LogP contribution in [0.3, 0.4) is 0 Å². The Balaban J connectivity index is 1.64. The van der Waals surface area contributed by atoms with E-state index in [0.717, 1.165) is 31.5 Å². The normalized spacial score (nSPS) is 21.7. The molecule has 1 aromatic carbocycles. The highest BCUT2D eigenvalue weighted by molar-refractivity contribution is 7.92. The molecule has 1 N–H and O–H groups in total. The number of likely N-dealkylation sites (tertiary alicyclic amines) is 1. The lowest BCUT2D eigenvalue weighted by atomic mass is 10.1. The van der Waals surface area contributed by atoms with Crippen molar-refractivity contribution < 1.29 is 13.2 Å². The highest BCUT2D eigenvalue weighted by atomic mass is 32.2. The number of piperidine rings is 1. The molecule has 0 bridgehead atoms. The van der Waals surface area contributed by atoms with Gasteiger partial charge in [-0.3, -0.25) is 9.79 Å². The standard InChI is InChI=1S/C21H32N4O3S/c1-21(2)16-25(12-13-29(21,27)28)20(22-3)23-15-17-8-7-9-18(14-17)19(26)24-10-5-4-6-11-24/h7-9,14H,4-6,10-13,15-16H2,1-3H3,(H,22,23). The Hall–Kier alpha value is -2.09. The van der Waals surface area contributed by atoms with Crippen LogP contribution in [0, 0.1) is 0 Å². The quantitative estimate of drug-likeness (QED) is 0.597. The van der Waals surface area contributed by atoms with Crippen LogP contribution in [0.25, 0.3) is 0 Å². The lowest BCUT2D eigenvalue weighted by molar-refractivity contribution is 0.0724. The van der Waals surface area contributed by atoms with Gasteiger partial charge in [-0.1, -0.05) is 12.1 Å². The second-order valence-electron chi connectivity index (χ2n) is 8.45. The third kappa shape index (κ3) is 4.91. The van der Waals surface area contributed by atoms with Gasteiger partial charge in [-0.2, -0.15) is 0 Å². The molecule has 2 fully saturated rings. The van der Waals surface area contributed by atoms with E-state index in [1.807, 2.05) is 34.1 Å². The molecule has 0 unspecified atom stereocenters. The summed E-state index contributed by atoms with van der Waals surface area (Å²) in [6, 6.07) is 7.69. The fraction of sp³-hybridized carbons (Fsp3) is 0.619. The van der Waals surface area contributed by atoms with Gasteiger partial charge in [-0.25, -0.2) is 8.42 Å². The van der Waals surface area contributed by atoms with Gasteiger partial charge < -0.3 is 15.1 Å². The molecule has 0 atom stereocenters. The van der Waals surface area contributed by atoms with Gasteiger partial charge in [0, 0.05) is 45.3 Å². The Morgan fingerprint density at radius 2 is 1.86 bits per heavy atom. The lowest BCUT2D eigenvalue weighted by Crippen LogP contribution is -2.57. The third-order valence-electron chi connectivity index (χ3n) is 5.82. The molecule has 0 radical (unpaired) electrons. The summed E-state index contributed by atoms with van der Waals surface area (Å²) in [5.41, 5.74) is 1.71. The molecule has 2 aliphatic heterocycles. The van der Waals surface area contributed by atoms with Crippen molar-refractivity contribution >= 4 is 21.7 Å². The number of guanidine groups is 1. The molecular weight excluding hydrogens is 388 g/mol. The average molecular weight is 421 g/mol. The van der Waals surface area contributed by atoms with E-state index >= 15 is 0 Å². The van der Waals surface area contributed by atoms with Crippen LogP contribution in [0.2, 0.25) is 0 Å². The van der Waals surface area contributed by atoms with Gasteiger partial charge in [0.05, 0.1) is 10.5 Å². The number of aliphatic imine (C=N–C) groups is 1. The van der Waals surface area contributed by atoms with Crippen molar-refractivity contribution in [2.75, 3.05) is 39.0 Å². The lowest BCUT2D eigenvalue weighted by Gasteiger charge is -2.39. The van der Waals surface area contributed by atoms with Gasteiger partial charge in [0.25, 0.3) is 5.91 Å². The summed E-state index contributed by atoms with van der Waals surface area (Å²) < 4.78 is 23.7. The molecule has 0 aliphatic carbocycles. The molecular formula is C21H32N4O3S. The molecule has 29 heavy (non-hydrogen) atoms. The Kier molecular flexibility index (Phi) is 6.51. The first-order valence-electron chi connectivity index (χ1n) is 10.3. The molecule has 1 amide bonds. The smallest absolute Gasteiger partial charge is 0.253 e. The fourth-order valence-electron chi connectivity index (χ4n) is 3.93. The monoisotopic (exact) mass is 420 g/mol. The van der Waals surface area contributed by atoms with Gasteiger partial charge in [0.15, 0.2) is 15.8 Å². The van der Waals surface area contributed by atoms with Crippen LogP contribution in [0.5, 0.6) is 0 Å². The first-order chi connectivity index (χ1) is 13.7. The van der Waals surface area contributed by atoms with Crippen molar-refractivity contribution in [1.29, 1.82) is 0 Å². The second-order valence-corrected chi connectivity index (χ2v) is 11.2. The number of carbonyl (C=O) groups is 1. The molecule has 1 aromatic rings. The van der Waals surface area contributed by atoms with Crippen molar-refractivity contribution in [3.8, 4) is 0 Å². The third-order valence-corrected chi connectivity index (χ3v) is 8.36. The molecule has 160 valence electrons. The van der Waals surface area contributed by atoms with E-state index in [9.17, 15) is 13.2 Å². The number of hydrogen-bond donors (Lipinski definition) is 1. The molecule has 0 spiro atoms. The number of hydrogen-bond acceptors (Lipinski definition) is 4. The zero-order valence-corrected chi connectivity index (χ0v) is 18.5. The molecule has 2 saturated heterocycles. The zero-order chi connectivity index (χ0) is 21.1. The van der Waals surface area contributed by atoms with Crippen LogP contribution in [-0.4, -0.2) is 73.8 Å². The van der Waals surface area contributed by atoms with Gasteiger partial charge in [0.2, 0.25) is 0 Å². The second kappa shape index (κ2) is 8.73. The zero-order valence-electron chi connectivity index (χ0n) is 17.6. The van der Waals surface area contributed by atoms with E-state index in [1.54, 1.807) is 20.9 Å². The molecule has 3 rings (SSSR count). The minimum absolute atomic E-state index is 0.0962. The molecule has 2 heterocycles. The van der Waals surface area contributed by atoms with Crippen molar-refractivity contribution in [1.82, 2.24) is 15.1 Å². The van der Waals surface area contributed by atoms with Crippen molar-refractivity contribution in [2.45, 2.75) is 44.4 Å². The molecule has 0 saturated carbocycles. The first-order valence-corrected chi connectivity index (χ1v) is 11.9. The van der Waals surface area contributed by atoms with Gasteiger partial charge in [0.1, 0.15) is 0 Å². The SMILES string of the molecule is CN=C(NCc1cccc(C(=O)N2CCCCC2)c1)N1CCS(=O)(=O)C(C)(C)C1. The summed E-state index contributed by atoms with van der Waals surface area (Å²) in [4.78, 5) is 21.0. The molecule has 8 heteroatoms. The number of benzene rings is 1. The van der Waals surface area contributed by atoms with Gasteiger partial charge >= 0.3 is 0 Å². The van der Waals surface area contributed by atoms with E-state index in [1.165, 1.54) is 6.42 Å². The number of rotatable bonds is 3. The van der Waals surface area contributed by atoms with Crippen LogP contribution in [0.4, 0.5) is 0 Å². The number of nitrogens with one attached hydrogen (secondary N) is 1. The number of amides is 1. The van der Waals surface area contributed by atoms with Gasteiger partial charge in [-0.05, 0) is 50.8 Å². The first kappa shape index (κ1) is 21.6. The average Bonchev–Trinajstić information content (AvgIpc) is 2.71. The highest BCUT2D eigenvalue weighted by Gasteiger charge is 2.40. The maximum atomic E-state index is 12.7. The minimum atomic E-state index is -3.10. The fourth-order valence-corrected chi connectivity index (χ4v) is 5.30. The Morgan fingerprint density at radius 3 is 2.52 bits per heavy atom. The van der Waals surface area contributed by atoms with Crippen molar-refractivity contribution in [2.24, 2.45) is 4.99 Å². The Morgan fingerprint density at radius 1 is 1.14 bits per heavy atom. The largest absolute Gasteiger partial charge is 0.352 e. The summed E-state index contributed by atoms with van der Waals surface area (Å²) >= 11 is 0. The predicted octanol–water partition coefficient (Wildman–Crippen LogP) is 1.90. The maximum absolute atomic E-state index is 12.7. The Labute approximate surface area is 174 Å². The van der Waals surface area contributed by atoms with Crippen LogP contribution in [0.15, 0.2) is 29.3 Å². The van der Waals surface area contributed by atoms with Crippen LogP contribution in [-0.2, 0) is 16.4 Å². The molecule has 7 nitrogen and oxygen atoms in total. The van der Waals surface area contributed by atoms with Crippen molar-refractivity contribution in [3.63, 3.8) is 0 Å². The summed E-state index contributed by atoms with van der Waals surface area (Å²) in [7, 11) is -1.39. The van der Waals surface area contributed by atoms with E-state index < -0.39 is 14.6 Å². The van der Waals surface area contributed by atoms with Crippen LogP contribution >= 0.6 is 0 Å². The van der Waals surface area contributed by atoms with Crippen molar-refractivity contribution in [3.05, 3.63) is 35.4 Å². The molecule has 2 aliphatic rings. The number of carbonyl (C=O) groups excluding carboxylic acids is 1. The molecule has 0 aromatic heterocycles. The van der Waals surface area contributed by atoms with Crippen LogP contribution in [0.1, 0.15) is 49.0 Å². The van der Waals surface area contributed by atoms with Gasteiger partial charge in [-0.15, -0.1) is 0 Å². The number of sulfone groups is 1. The number of nitrogens with zero attached hydrogens (tertiary/aromatic N) is 3. The summed E-state index contributed by atoms with van der Waals surface area (Å²) in [5, 5.41) is 3.32.